The number of likely N-dealkylation sites (tertiary alicyclic amines) is 1. The normalized spacial score (nSPS) is 21.6. The lowest BCUT2D eigenvalue weighted by atomic mass is 10.2. The summed E-state index contributed by atoms with van der Waals surface area (Å²) in [5, 5.41) is 6.89. The Labute approximate surface area is 149 Å². The fourth-order valence-corrected chi connectivity index (χ4v) is 3.40. The van der Waals surface area contributed by atoms with Gasteiger partial charge >= 0.3 is 0 Å². The molecule has 140 valence electrons. The molecule has 5 heteroatoms. The summed E-state index contributed by atoms with van der Waals surface area (Å²) in [4.78, 5) is 9.89. The van der Waals surface area contributed by atoms with Gasteiger partial charge in [-0.3, -0.25) is 9.89 Å². The van der Waals surface area contributed by atoms with Gasteiger partial charge in [0.25, 0.3) is 0 Å². The lowest BCUT2D eigenvalue weighted by Crippen LogP contribution is -2.40. The summed E-state index contributed by atoms with van der Waals surface area (Å²) in [7, 11) is 2.24. The first-order valence-electron chi connectivity index (χ1n) is 10.2. The monoisotopic (exact) mass is 337 g/mol. The van der Waals surface area contributed by atoms with Crippen LogP contribution >= 0.6 is 0 Å². The molecule has 1 unspecified atom stereocenters. The highest BCUT2D eigenvalue weighted by atomic mass is 15.2. The zero-order chi connectivity index (χ0) is 17.2. The lowest BCUT2D eigenvalue weighted by molar-refractivity contribution is 0.253. The van der Waals surface area contributed by atoms with Crippen LogP contribution in [0.25, 0.3) is 0 Å². The van der Waals surface area contributed by atoms with Gasteiger partial charge in [-0.25, -0.2) is 0 Å². The molecule has 1 atom stereocenters. The Kier molecular flexibility index (Phi) is 8.89. The summed E-state index contributed by atoms with van der Waals surface area (Å²) in [5.41, 5.74) is 0. The van der Waals surface area contributed by atoms with E-state index in [1.807, 2.05) is 0 Å². The van der Waals surface area contributed by atoms with Gasteiger partial charge in [-0.05, 0) is 72.6 Å². The molecule has 0 spiro atoms. The minimum atomic E-state index is 0.519. The largest absolute Gasteiger partial charge is 0.357 e. The summed E-state index contributed by atoms with van der Waals surface area (Å²) >= 11 is 0. The van der Waals surface area contributed by atoms with Crippen molar-refractivity contribution in [3.8, 4) is 0 Å². The highest BCUT2D eigenvalue weighted by molar-refractivity contribution is 5.79. The number of hydrogen-bond donors (Lipinski definition) is 2. The average Bonchev–Trinajstić information content (AvgIpc) is 3.42. The van der Waals surface area contributed by atoms with Crippen LogP contribution in [0.2, 0.25) is 0 Å². The Morgan fingerprint density at radius 2 is 1.88 bits per heavy atom. The highest BCUT2D eigenvalue weighted by Crippen LogP contribution is 2.26. The van der Waals surface area contributed by atoms with E-state index < -0.39 is 0 Å². The van der Waals surface area contributed by atoms with Crippen molar-refractivity contribution >= 4 is 5.96 Å². The summed E-state index contributed by atoms with van der Waals surface area (Å²) < 4.78 is 0. The van der Waals surface area contributed by atoms with Crippen LogP contribution in [0, 0.1) is 0 Å². The van der Waals surface area contributed by atoms with Gasteiger partial charge in [-0.15, -0.1) is 0 Å². The van der Waals surface area contributed by atoms with E-state index in [0.717, 1.165) is 31.6 Å². The van der Waals surface area contributed by atoms with Crippen LogP contribution in [0.5, 0.6) is 0 Å². The first-order valence-corrected chi connectivity index (χ1v) is 10.2. The van der Waals surface area contributed by atoms with E-state index in [1.54, 1.807) is 0 Å². The molecule has 1 saturated carbocycles. The molecule has 0 bridgehead atoms. The van der Waals surface area contributed by atoms with Crippen LogP contribution in [0.3, 0.4) is 0 Å². The second-order valence-electron chi connectivity index (χ2n) is 7.50. The Bertz CT molecular complexity index is 359. The molecule has 5 nitrogen and oxygen atoms in total. The fourth-order valence-electron chi connectivity index (χ4n) is 3.40. The number of hydrogen-bond acceptors (Lipinski definition) is 3. The van der Waals surface area contributed by atoms with Crippen LogP contribution in [-0.4, -0.2) is 74.2 Å². The molecule has 0 radical (unpaired) electrons. The van der Waals surface area contributed by atoms with Crippen LogP contribution in [0.1, 0.15) is 58.8 Å². The highest BCUT2D eigenvalue weighted by Gasteiger charge is 2.28. The first-order chi connectivity index (χ1) is 11.7. The number of rotatable bonds is 9. The first kappa shape index (κ1) is 19.5. The number of likely N-dealkylation sites (N-methyl/N-ethyl adjacent to an activating group) is 1. The van der Waals surface area contributed by atoms with Crippen LogP contribution in [0.15, 0.2) is 4.99 Å². The van der Waals surface area contributed by atoms with Crippen molar-refractivity contribution in [2.45, 2.75) is 70.9 Å². The number of nitrogens with one attached hydrogen (secondary N) is 2. The molecule has 2 rings (SSSR count). The molecule has 0 aromatic carbocycles. The van der Waals surface area contributed by atoms with Crippen molar-refractivity contribution in [2.75, 3.05) is 46.3 Å². The van der Waals surface area contributed by atoms with E-state index in [4.69, 9.17) is 4.99 Å². The molecular formula is C19H39N5. The minimum absolute atomic E-state index is 0.519. The molecular weight excluding hydrogens is 298 g/mol. The molecule has 2 aliphatic rings. The number of aliphatic imine (C=N–C) groups is 1. The van der Waals surface area contributed by atoms with E-state index in [0.29, 0.717) is 6.04 Å². The van der Waals surface area contributed by atoms with E-state index >= 15 is 0 Å². The fraction of sp³-hybridized carbons (Fsp3) is 0.947. The smallest absolute Gasteiger partial charge is 0.191 e. The van der Waals surface area contributed by atoms with Gasteiger partial charge in [0.1, 0.15) is 0 Å². The van der Waals surface area contributed by atoms with Crippen molar-refractivity contribution in [3.05, 3.63) is 0 Å². The average molecular weight is 338 g/mol. The van der Waals surface area contributed by atoms with Gasteiger partial charge in [-0.2, -0.15) is 0 Å². The second-order valence-corrected chi connectivity index (χ2v) is 7.50. The van der Waals surface area contributed by atoms with Crippen molar-refractivity contribution in [1.82, 2.24) is 20.4 Å². The van der Waals surface area contributed by atoms with E-state index in [-0.39, 0.29) is 0 Å². The molecule has 1 heterocycles. The second kappa shape index (κ2) is 10.9. The van der Waals surface area contributed by atoms with Crippen molar-refractivity contribution in [3.63, 3.8) is 0 Å². The third-order valence-corrected chi connectivity index (χ3v) is 5.32. The molecule has 2 fully saturated rings. The quantitative estimate of drug-likeness (QED) is 0.385. The minimum Gasteiger partial charge on any atom is -0.357 e. The maximum Gasteiger partial charge on any atom is 0.191 e. The lowest BCUT2D eigenvalue weighted by Gasteiger charge is -2.23. The van der Waals surface area contributed by atoms with E-state index in [1.165, 1.54) is 64.6 Å². The SMILES string of the molecule is CCNC(=NCC(C)N(C)C1CC1)NCCCN1CCCCCC1. The predicted octanol–water partition coefficient (Wildman–Crippen LogP) is 2.29. The molecule has 24 heavy (non-hydrogen) atoms. The van der Waals surface area contributed by atoms with Crippen LogP contribution in [-0.2, 0) is 0 Å². The van der Waals surface area contributed by atoms with E-state index in [9.17, 15) is 0 Å². The number of nitrogens with zero attached hydrogens (tertiary/aromatic N) is 3. The maximum atomic E-state index is 4.78. The zero-order valence-corrected chi connectivity index (χ0v) is 16.2. The van der Waals surface area contributed by atoms with Crippen LogP contribution in [0.4, 0.5) is 0 Å². The zero-order valence-electron chi connectivity index (χ0n) is 16.2. The summed E-state index contributed by atoms with van der Waals surface area (Å²) in [6.45, 7) is 11.0. The summed E-state index contributed by atoms with van der Waals surface area (Å²) in [6, 6.07) is 1.32. The Morgan fingerprint density at radius 1 is 1.17 bits per heavy atom. The van der Waals surface area contributed by atoms with Gasteiger partial charge in [0.2, 0.25) is 0 Å². The van der Waals surface area contributed by atoms with Gasteiger partial charge in [-0.1, -0.05) is 12.8 Å². The van der Waals surface area contributed by atoms with Crippen molar-refractivity contribution in [1.29, 1.82) is 0 Å². The van der Waals surface area contributed by atoms with E-state index in [2.05, 4.69) is 41.3 Å². The number of guanidine groups is 1. The van der Waals surface area contributed by atoms with Crippen LogP contribution < -0.4 is 10.6 Å². The van der Waals surface area contributed by atoms with Crippen molar-refractivity contribution in [2.24, 2.45) is 4.99 Å². The molecule has 0 amide bonds. The van der Waals surface area contributed by atoms with Gasteiger partial charge in [0.05, 0.1) is 6.54 Å². The molecule has 1 saturated heterocycles. The Morgan fingerprint density at radius 3 is 2.50 bits per heavy atom. The predicted molar refractivity (Wildman–Crippen MR) is 104 cm³/mol. The third-order valence-electron chi connectivity index (χ3n) is 5.32. The Hall–Kier alpha value is -0.810. The van der Waals surface area contributed by atoms with Gasteiger partial charge < -0.3 is 15.5 Å². The Balaban J connectivity index is 1.64. The van der Waals surface area contributed by atoms with Gasteiger partial charge in [0.15, 0.2) is 5.96 Å². The molecule has 2 N–H and O–H groups in total. The molecule has 0 aromatic heterocycles. The topological polar surface area (TPSA) is 42.9 Å². The molecule has 1 aliphatic carbocycles. The summed E-state index contributed by atoms with van der Waals surface area (Å²) in [6.07, 6.45) is 9.51. The molecule has 1 aliphatic heterocycles. The van der Waals surface area contributed by atoms with Crippen molar-refractivity contribution < 1.29 is 0 Å². The summed E-state index contributed by atoms with van der Waals surface area (Å²) in [5.74, 6) is 0.976. The van der Waals surface area contributed by atoms with Gasteiger partial charge in [0, 0.05) is 25.2 Å². The maximum absolute atomic E-state index is 4.78. The standard InChI is InChI=1S/C19H39N5/c1-4-20-19(22-16-17(2)23(3)18-10-11-18)21-12-9-15-24-13-7-5-6-8-14-24/h17-18H,4-16H2,1-3H3,(H2,20,21,22). The molecule has 0 aromatic rings. The third kappa shape index (κ3) is 7.39.